The second-order valence-corrected chi connectivity index (χ2v) is 10.0. The summed E-state index contributed by atoms with van der Waals surface area (Å²) >= 11 is 5.12. The lowest BCUT2D eigenvalue weighted by Gasteiger charge is -2.14. The third-order valence-corrected chi connectivity index (χ3v) is 7.02. The van der Waals surface area contributed by atoms with E-state index >= 15 is 0 Å². The highest BCUT2D eigenvalue weighted by Crippen LogP contribution is 2.33. The van der Waals surface area contributed by atoms with Crippen molar-refractivity contribution in [1.82, 2.24) is 0 Å². The first-order chi connectivity index (χ1) is 16.2. The van der Waals surface area contributed by atoms with Gasteiger partial charge in [-0.2, -0.15) is 0 Å². The van der Waals surface area contributed by atoms with Crippen LogP contribution in [0.15, 0.2) is 39.7 Å². The smallest absolute Gasteiger partial charge is 0.306 e. The first-order valence-electron chi connectivity index (χ1n) is 11.2. The Kier molecular flexibility index (Phi) is 11.1. The molecule has 34 heavy (non-hydrogen) atoms. The number of esters is 1. The summed E-state index contributed by atoms with van der Waals surface area (Å²) in [5, 5.41) is 10.4. The number of ketones is 2. The second kappa shape index (κ2) is 13.5. The molecule has 2 aromatic carbocycles. The van der Waals surface area contributed by atoms with Gasteiger partial charge in [0.05, 0.1) is 25.7 Å². The summed E-state index contributed by atoms with van der Waals surface area (Å²) < 4.78 is 11.2. The lowest BCUT2D eigenvalue weighted by atomic mass is 9.96. The van der Waals surface area contributed by atoms with Crippen molar-refractivity contribution < 1.29 is 29.0 Å². The van der Waals surface area contributed by atoms with Crippen molar-refractivity contribution in [3.05, 3.63) is 51.5 Å². The summed E-state index contributed by atoms with van der Waals surface area (Å²) in [4.78, 5) is 36.8. The Balaban J connectivity index is 1.91. The van der Waals surface area contributed by atoms with E-state index in [4.69, 9.17) is 4.74 Å². The fourth-order valence-corrected chi connectivity index (χ4v) is 5.03. The van der Waals surface area contributed by atoms with E-state index in [2.05, 4.69) is 20.7 Å². The third kappa shape index (κ3) is 7.60. The van der Waals surface area contributed by atoms with Crippen LogP contribution in [0.5, 0.6) is 11.5 Å². The highest BCUT2D eigenvalue weighted by Gasteiger charge is 2.21. The fourth-order valence-electron chi connectivity index (χ4n) is 3.44. The van der Waals surface area contributed by atoms with E-state index in [0.29, 0.717) is 39.9 Å². The first kappa shape index (κ1) is 27.9. The molecule has 0 fully saturated rings. The molecule has 1 atom stereocenters. The summed E-state index contributed by atoms with van der Waals surface area (Å²) in [5.74, 6) is 0.291. The number of hydrogen-bond acceptors (Lipinski definition) is 7. The minimum absolute atomic E-state index is 0.0154. The second-order valence-electron chi connectivity index (χ2n) is 7.98. The molecule has 0 aromatic heterocycles. The molecule has 6 nitrogen and oxygen atoms in total. The van der Waals surface area contributed by atoms with Gasteiger partial charge in [0.25, 0.3) is 0 Å². The average Bonchev–Trinajstić information content (AvgIpc) is 2.80. The monoisotopic (exact) mass is 550 g/mol. The molecule has 2 rings (SSSR count). The van der Waals surface area contributed by atoms with Crippen LogP contribution in [0.2, 0.25) is 0 Å². The van der Waals surface area contributed by atoms with Crippen molar-refractivity contribution in [2.24, 2.45) is 5.92 Å². The quantitative estimate of drug-likeness (QED) is 0.136. The number of rotatable bonds is 13. The highest BCUT2D eigenvalue weighted by atomic mass is 79.9. The number of carbonyl (C=O) groups excluding carboxylic acids is 3. The van der Waals surface area contributed by atoms with Gasteiger partial charge in [0.2, 0.25) is 0 Å². The summed E-state index contributed by atoms with van der Waals surface area (Å²) in [5.41, 5.74) is 1.54. The maximum Gasteiger partial charge on any atom is 0.306 e. The number of thioether (sulfide) groups is 1. The van der Waals surface area contributed by atoms with E-state index in [1.165, 1.54) is 14.0 Å². The van der Waals surface area contributed by atoms with Crippen molar-refractivity contribution in [1.29, 1.82) is 0 Å². The van der Waals surface area contributed by atoms with E-state index in [9.17, 15) is 19.5 Å². The fraction of sp³-hybridized carbons (Fsp3) is 0.423. The summed E-state index contributed by atoms with van der Waals surface area (Å²) in [6.07, 6.45) is 2.29. The van der Waals surface area contributed by atoms with Crippen molar-refractivity contribution in [3.8, 4) is 11.5 Å². The number of Topliss-reactive ketones (excluding diaryl/α,β-unsaturated/α-hetero) is 2. The zero-order valence-electron chi connectivity index (χ0n) is 20.0. The van der Waals surface area contributed by atoms with Crippen LogP contribution in [0.1, 0.15) is 66.3 Å². The van der Waals surface area contributed by atoms with Gasteiger partial charge in [-0.1, -0.05) is 36.2 Å². The lowest BCUT2D eigenvalue weighted by Crippen LogP contribution is -2.17. The lowest BCUT2D eigenvalue weighted by molar-refractivity contribution is -0.141. The third-order valence-electron chi connectivity index (χ3n) is 5.29. The molecule has 1 unspecified atom stereocenters. The molecule has 8 heteroatoms. The van der Waals surface area contributed by atoms with Crippen LogP contribution in [-0.2, 0) is 16.0 Å². The molecular weight excluding hydrogens is 520 g/mol. The minimum atomic E-state index is -0.457. The molecule has 2 aromatic rings. The van der Waals surface area contributed by atoms with Crippen molar-refractivity contribution in [2.75, 3.05) is 19.5 Å². The largest absolute Gasteiger partial charge is 0.507 e. The minimum Gasteiger partial charge on any atom is -0.507 e. The van der Waals surface area contributed by atoms with Crippen LogP contribution in [0.4, 0.5) is 0 Å². The van der Waals surface area contributed by atoms with Gasteiger partial charge < -0.3 is 14.6 Å². The number of halogens is 1. The van der Waals surface area contributed by atoms with Gasteiger partial charge in [-0.15, -0.1) is 11.8 Å². The van der Waals surface area contributed by atoms with Crippen LogP contribution >= 0.6 is 27.7 Å². The molecule has 0 bridgehead atoms. The number of methoxy groups -OCH3 is 1. The molecule has 1 N–H and O–H groups in total. The highest BCUT2D eigenvalue weighted by molar-refractivity contribution is 9.10. The Morgan fingerprint density at radius 3 is 2.47 bits per heavy atom. The number of phenols is 1. The first-order valence-corrected chi connectivity index (χ1v) is 13.0. The zero-order valence-corrected chi connectivity index (χ0v) is 22.4. The van der Waals surface area contributed by atoms with Gasteiger partial charge in [0, 0.05) is 32.2 Å². The Morgan fingerprint density at radius 1 is 1.15 bits per heavy atom. The van der Waals surface area contributed by atoms with Crippen molar-refractivity contribution in [3.63, 3.8) is 0 Å². The van der Waals surface area contributed by atoms with Crippen molar-refractivity contribution in [2.45, 2.75) is 51.3 Å². The predicted octanol–water partition coefficient (Wildman–Crippen LogP) is 6.25. The van der Waals surface area contributed by atoms with E-state index in [1.54, 1.807) is 36.9 Å². The number of hydrogen-bond donors (Lipinski definition) is 1. The summed E-state index contributed by atoms with van der Waals surface area (Å²) in [7, 11) is 1.31. The molecule has 0 saturated carbocycles. The van der Waals surface area contributed by atoms with Gasteiger partial charge in [0.15, 0.2) is 11.6 Å². The maximum absolute atomic E-state index is 12.6. The average molecular weight is 551 g/mol. The molecule has 0 heterocycles. The van der Waals surface area contributed by atoms with E-state index in [0.717, 1.165) is 23.5 Å². The van der Waals surface area contributed by atoms with Crippen LogP contribution in [0, 0.1) is 5.92 Å². The molecule has 0 spiro atoms. The maximum atomic E-state index is 12.6. The Morgan fingerprint density at radius 2 is 1.85 bits per heavy atom. The molecule has 0 aliphatic carbocycles. The Hall–Kier alpha value is -2.32. The normalized spacial score (nSPS) is 11.7. The molecule has 0 amide bonds. The molecular formula is C26H31BrO6S. The molecule has 184 valence electrons. The van der Waals surface area contributed by atoms with Crippen LogP contribution in [0.3, 0.4) is 0 Å². The Labute approximate surface area is 213 Å². The number of carbonyl (C=O) groups is 3. The van der Waals surface area contributed by atoms with Crippen LogP contribution in [-0.4, -0.2) is 42.1 Å². The molecule has 0 saturated heterocycles. The van der Waals surface area contributed by atoms with Gasteiger partial charge in [-0.3, -0.25) is 14.4 Å². The van der Waals surface area contributed by atoms with Crippen LogP contribution in [0.25, 0.3) is 0 Å². The number of benzene rings is 2. The topological polar surface area (TPSA) is 89.9 Å². The van der Waals surface area contributed by atoms with Crippen LogP contribution < -0.4 is 4.74 Å². The van der Waals surface area contributed by atoms with Gasteiger partial charge in [0.1, 0.15) is 11.5 Å². The van der Waals surface area contributed by atoms with Gasteiger partial charge in [-0.05, 0) is 50.1 Å². The number of phenolic OH excluding ortho intramolecular Hbond substituents is 1. The SMILES string of the molecule is CCCc1c(OCCCSc2ccc(C(=O)C(C)CC(=O)OC)c(Br)c2)ccc(C(C)=O)c1O. The van der Waals surface area contributed by atoms with E-state index < -0.39 is 11.9 Å². The molecule has 0 aliphatic rings. The van der Waals surface area contributed by atoms with E-state index in [-0.39, 0.29) is 23.7 Å². The Bertz CT molecular complexity index is 1040. The molecule has 0 aliphatic heterocycles. The zero-order chi connectivity index (χ0) is 25.3. The molecule has 0 radical (unpaired) electrons. The van der Waals surface area contributed by atoms with Gasteiger partial charge in [-0.25, -0.2) is 0 Å². The predicted molar refractivity (Wildman–Crippen MR) is 137 cm³/mol. The summed E-state index contributed by atoms with van der Waals surface area (Å²) in [6.45, 7) is 5.64. The van der Waals surface area contributed by atoms with E-state index in [1.807, 2.05) is 19.1 Å². The summed E-state index contributed by atoms with van der Waals surface area (Å²) in [6, 6.07) is 8.93. The number of ether oxygens (including phenoxy) is 2. The number of aromatic hydroxyl groups is 1. The van der Waals surface area contributed by atoms with Crippen molar-refractivity contribution >= 4 is 45.2 Å². The van der Waals surface area contributed by atoms with Gasteiger partial charge >= 0.3 is 5.97 Å². The standard InChI is InChI=1S/C26H31BrO6S/c1-5-7-21-23(11-10-19(17(3)28)26(21)31)33-12-6-13-34-18-8-9-20(22(27)15-18)25(30)16(2)14-24(29)32-4/h8-11,15-16,31H,5-7,12-14H2,1-4H3.